The predicted octanol–water partition coefficient (Wildman–Crippen LogP) is 4.65. The molecule has 0 saturated carbocycles. The Hall–Kier alpha value is -2.38. The molecular formula is C23H24ClFN2O3S. The van der Waals surface area contributed by atoms with Gasteiger partial charge in [-0.1, -0.05) is 31.5 Å². The lowest BCUT2D eigenvalue weighted by Crippen LogP contribution is -2.39. The number of anilines is 1. The van der Waals surface area contributed by atoms with Crippen LogP contribution < -0.4 is 10.3 Å². The highest BCUT2D eigenvalue weighted by molar-refractivity contribution is 7.91. The first-order valence-corrected chi connectivity index (χ1v) is 12.0. The molecule has 1 aliphatic rings. The molecule has 0 spiro atoms. The van der Waals surface area contributed by atoms with Crippen LogP contribution >= 0.6 is 11.6 Å². The summed E-state index contributed by atoms with van der Waals surface area (Å²) in [7, 11) is -2.46. The smallest absolute Gasteiger partial charge is 0.211 e. The maximum atomic E-state index is 15.1. The SMILES string of the molecule is C[C@@H]1C[C@H](C)CN(c2cc3c(cc2F)c(=O)c(S(=O)(=O)c2cccc(Cl)c2)cn3C)C1. The molecule has 2 aromatic carbocycles. The fourth-order valence-corrected chi connectivity index (χ4v) is 6.22. The van der Waals surface area contributed by atoms with Crippen molar-refractivity contribution in [2.45, 2.75) is 30.1 Å². The minimum Gasteiger partial charge on any atom is -0.369 e. The summed E-state index contributed by atoms with van der Waals surface area (Å²) in [4.78, 5) is 14.6. The van der Waals surface area contributed by atoms with E-state index in [0.717, 1.165) is 25.6 Å². The molecule has 1 fully saturated rings. The van der Waals surface area contributed by atoms with Gasteiger partial charge >= 0.3 is 0 Å². The van der Waals surface area contributed by atoms with E-state index in [1.807, 2.05) is 4.90 Å². The molecule has 0 bridgehead atoms. The number of hydrogen-bond acceptors (Lipinski definition) is 4. The molecule has 0 unspecified atom stereocenters. The average Bonchev–Trinajstić information content (AvgIpc) is 2.69. The molecule has 0 aliphatic carbocycles. The highest BCUT2D eigenvalue weighted by Gasteiger charge is 2.27. The molecule has 1 saturated heterocycles. The van der Waals surface area contributed by atoms with Crippen LogP contribution in [-0.4, -0.2) is 26.1 Å². The first-order chi connectivity index (χ1) is 14.6. The Balaban J connectivity index is 1.88. The molecular weight excluding hydrogens is 439 g/mol. The monoisotopic (exact) mass is 462 g/mol. The van der Waals surface area contributed by atoms with Gasteiger partial charge in [0.2, 0.25) is 15.3 Å². The van der Waals surface area contributed by atoms with Crippen LogP contribution in [0.25, 0.3) is 10.9 Å². The molecule has 0 amide bonds. The molecule has 3 aromatic rings. The van der Waals surface area contributed by atoms with Crippen LogP contribution in [0.3, 0.4) is 0 Å². The lowest BCUT2D eigenvalue weighted by Gasteiger charge is -2.36. The van der Waals surface area contributed by atoms with Crippen LogP contribution in [0, 0.1) is 17.7 Å². The zero-order valence-corrected chi connectivity index (χ0v) is 19.2. The number of aryl methyl sites for hydroxylation is 1. The summed E-state index contributed by atoms with van der Waals surface area (Å²) < 4.78 is 42.9. The van der Waals surface area contributed by atoms with Gasteiger partial charge in [0.1, 0.15) is 10.7 Å². The molecule has 0 N–H and O–H groups in total. The third kappa shape index (κ3) is 3.96. The molecule has 2 atom stereocenters. The van der Waals surface area contributed by atoms with Crippen LogP contribution in [0.5, 0.6) is 0 Å². The van der Waals surface area contributed by atoms with E-state index in [0.29, 0.717) is 23.0 Å². The lowest BCUT2D eigenvalue weighted by atomic mass is 9.91. The number of halogens is 2. The fourth-order valence-electron chi connectivity index (χ4n) is 4.52. The van der Waals surface area contributed by atoms with Crippen molar-refractivity contribution in [3.63, 3.8) is 0 Å². The number of nitrogens with zero attached hydrogens (tertiary/aromatic N) is 2. The van der Waals surface area contributed by atoms with E-state index in [2.05, 4.69) is 13.8 Å². The van der Waals surface area contributed by atoms with Gasteiger partial charge in [0.25, 0.3) is 0 Å². The highest BCUT2D eigenvalue weighted by Crippen LogP contribution is 2.31. The van der Waals surface area contributed by atoms with Gasteiger partial charge in [-0.15, -0.1) is 0 Å². The molecule has 0 radical (unpaired) electrons. The third-order valence-electron chi connectivity index (χ3n) is 5.83. The molecule has 4 rings (SSSR count). The Morgan fingerprint density at radius 3 is 2.42 bits per heavy atom. The minimum atomic E-state index is -4.11. The van der Waals surface area contributed by atoms with E-state index < -0.39 is 26.0 Å². The second-order valence-electron chi connectivity index (χ2n) is 8.57. The first kappa shape index (κ1) is 21.8. The molecule has 8 heteroatoms. The first-order valence-electron chi connectivity index (χ1n) is 10.2. The van der Waals surface area contributed by atoms with E-state index in [1.54, 1.807) is 23.7 Å². The maximum Gasteiger partial charge on any atom is 0.211 e. The molecule has 1 aromatic heterocycles. The van der Waals surface area contributed by atoms with Crippen LogP contribution in [0.15, 0.2) is 57.2 Å². The van der Waals surface area contributed by atoms with Crippen LogP contribution in [-0.2, 0) is 16.9 Å². The van der Waals surface area contributed by atoms with Crippen molar-refractivity contribution in [2.75, 3.05) is 18.0 Å². The molecule has 31 heavy (non-hydrogen) atoms. The minimum absolute atomic E-state index is 0.0324. The summed E-state index contributed by atoms with van der Waals surface area (Å²) in [6, 6.07) is 8.54. The Bertz CT molecular complexity index is 1330. The Kier molecular flexibility index (Phi) is 5.60. The van der Waals surface area contributed by atoms with Crippen molar-refractivity contribution in [3.8, 4) is 0 Å². The number of aromatic nitrogens is 1. The van der Waals surface area contributed by atoms with Crippen LogP contribution in [0.4, 0.5) is 10.1 Å². The van der Waals surface area contributed by atoms with Crippen LogP contribution in [0.2, 0.25) is 5.02 Å². The standard InChI is InChI=1S/C23H24ClFN2O3S/c1-14-7-15(2)12-27(11-14)21-10-20-18(9-19(21)25)23(28)22(13-26(20)3)31(29,30)17-6-4-5-16(24)8-17/h4-6,8-10,13-15H,7,11-12H2,1-3H3/t14-,15+. The van der Waals surface area contributed by atoms with E-state index in [4.69, 9.17) is 11.6 Å². The topological polar surface area (TPSA) is 59.4 Å². The number of hydrogen-bond donors (Lipinski definition) is 0. The largest absolute Gasteiger partial charge is 0.369 e. The number of piperidine rings is 1. The summed E-state index contributed by atoms with van der Waals surface area (Å²) in [6.07, 6.45) is 2.39. The zero-order valence-electron chi connectivity index (χ0n) is 17.6. The molecule has 1 aliphatic heterocycles. The Morgan fingerprint density at radius 2 is 1.77 bits per heavy atom. The van der Waals surface area contributed by atoms with Gasteiger partial charge in [0.05, 0.1) is 21.5 Å². The summed E-state index contributed by atoms with van der Waals surface area (Å²) in [6.45, 7) is 5.76. The highest BCUT2D eigenvalue weighted by atomic mass is 35.5. The molecule has 164 valence electrons. The van der Waals surface area contributed by atoms with E-state index in [-0.39, 0.29) is 15.3 Å². The van der Waals surface area contributed by atoms with Gasteiger partial charge in [0, 0.05) is 31.4 Å². The van der Waals surface area contributed by atoms with E-state index in [1.165, 1.54) is 24.4 Å². The normalized spacial score (nSPS) is 19.7. The van der Waals surface area contributed by atoms with Crippen molar-refractivity contribution >= 4 is 38.0 Å². The number of pyridine rings is 1. The van der Waals surface area contributed by atoms with E-state index >= 15 is 4.39 Å². The van der Waals surface area contributed by atoms with Crippen molar-refractivity contribution in [2.24, 2.45) is 18.9 Å². The van der Waals surface area contributed by atoms with Gasteiger partial charge in [-0.05, 0) is 48.6 Å². The quantitative estimate of drug-likeness (QED) is 0.568. The van der Waals surface area contributed by atoms with Gasteiger partial charge in [-0.25, -0.2) is 12.8 Å². The summed E-state index contributed by atoms with van der Waals surface area (Å²) >= 11 is 5.93. The van der Waals surface area contributed by atoms with Crippen molar-refractivity contribution in [3.05, 3.63) is 63.7 Å². The second-order valence-corrected chi connectivity index (χ2v) is 10.9. The number of benzene rings is 2. The number of rotatable bonds is 3. The lowest BCUT2D eigenvalue weighted by molar-refractivity contribution is 0.354. The van der Waals surface area contributed by atoms with Crippen molar-refractivity contribution < 1.29 is 12.8 Å². The van der Waals surface area contributed by atoms with E-state index in [9.17, 15) is 13.2 Å². The second kappa shape index (κ2) is 7.95. The molecule has 2 heterocycles. The summed E-state index contributed by atoms with van der Waals surface area (Å²) in [5, 5.41) is 0.282. The number of sulfone groups is 1. The zero-order chi connectivity index (χ0) is 22.5. The third-order valence-corrected chi connectivity index (χ3v) is 7.81. The maximum absolute atomic E-state index is 15.1. The van der Waals surface area contributed by atoms with Gasteiger partial charge < -0.3 is 9.47 Å². The predicted molar refractivity (Wildman–Crippen MR) is 121 cm³/mol. The summed E-state index contributed by atoms with van der Waals surface area (Å²) in [5.74, 6) is 0.351. The Morgan fingerprint density at radius 1 is 1.10 bits per heavy atom. The average molecular weight is 463 g/mol. The number of fused-ring (bicyclic) bond motifs is 1. The van der Waals surface area contributed by atoms with Gasteiger partial charge in [0.15, 0.2) is 0 Å². The summed E-state index contributed by atoms with van der Waals surface area (Å²) in [5.41, 5.74) is 0.197. The van der Waals surface area contributed by atoms with Gasteiger partial charge in [-0.3, -0.25) is 4.79 Å². The van der Waals surface area contributed by atoms with Gasteiger partial charge in [-0.2, -0.15) is 0 Å². The fraction of sp³-hybridized carbons (Fsp3) is 0.348. The Labute approximate surface area is 186 Å². The van der Waals surface area contributed by atoms with Crippen LogP contribution in [0.1, 0.15) is 20.3 Å². The molecule has 5 nitrogen and oxygen atoms in total. The van der Waals surface area contributed by atoms with Crippen molar-refractivity contribution in [1.82, 2.24) is 4.57 Å². The van der Waals surface area contributed by atoms with Crippen molar-refractivity contribution in [1.29, 1.82) is 0 Å².